The van der Waals surface area contributed by atoms with Crippen LogP contribution in [0.4, 0.5) is 5.69 Å². The number of aryl methyl sites for hydroxylation is 1. The van der Waals surface area contributed by atoms with Crippen molar-refractivity contribution >= 4 is 17.6 Å². The maximum atomic E-state index is 11.6. The van der Waals surface area contributed by atoms with Crippen molar-refractivity contribution in [1.29, 1.82) is 0 Å². The minimum atomic E-state index is -0.950. The van der Waals surface area contributed by atoms with E-state index in [0.717, 1.165) is 0 Å². The van der Waals surface area contributed by atoms with Crippen molar-refractivity contribution in [3.05, 3.63) is 18.0 Å². The average Bonchev–Trinajstić information content (AvgIpc) is 2.59. The summed E-state index contributed by atoms with van der Waals surface area (Å²) in [5, 5.41) is 0. The highest BCUT2D eigenvalue weighted by Crippen LogP contribution is 2.12. The Kier molecular flexibility index (Phi) is 3.55. The highest BCUT2D eigenvalue weighted by Gasteiger charge is 2.19. The Morgan fingerprint density at radius 3 is 2.69 bits per heavy atom. The van der Waals surface area contributed by atoms with Crippen LogP contribution in [-0.2, 0) is 16.1 Å². The lowest BCUT2D eigenvalue weighted by Gasteiger charge is -2.10. The smallest absolute Gasteiger partial charge is 0.355 e. The standard InChI is InChI=1S/C10H15N3O3/c1-3-13-5-7(11)4-8(13)10(15)16-6(2)9(12)14/h4-6H,3,11H2,1-2H3,(H2,12,14). The van der Waals surface area contributed by atoms with Gasteiger partial charge in [-0.05, 0) is 19.9 Å². The maximum absolute atomic E-state index is 11.6. The SMILES string of the molecule is CCn1cc(N)cc1C(=O)OC(C)C(N)=O. The first-order chi connectivity index (χ1) is 7.45. The number of nitrogen functional groups attached to an aromatic ring is 1. The molecule has 1 aromatic heterocycles. The molecule has 6 heteroatoms. The van der Waals surface area contributed by atoms with E-state index >= 15 is 0 Å². The molecule has 0 bridgehead atoms. The second-order valence-electron chi connectivity index (χ2n) is 3.39. The number of hydrogen-bond acceptors (Lipinski definition) is 4. The molecule has 16 heavy (non-hydrogen) atoms. The summed E-state index contributed by atoms with van der Waals surface area (Å²) in [7, 11) is 0. The number of aromatic nitrogens is 1. The Balaban J connectivity index is 2.84. The van der Waals surface area contributed by atoms with Gasteiger partial charge in [0.1, 0.15) is 5.69 Å². The number of ether oxygens (including phenoxy) is 1. The number of primary amides is 1. The van der Waals surface area contributed by atoms with E-state index in [0.29, 0.717) is 17.9 Å². The van der Waals surface area contributed by atoms with Crippen LogP contribution in [-0.4, -0.2) is 22.5 Å². The maximum Gasteiger partial charge on any atom is 0.355 e. The van der Waals surface area contributed by atoms with E-state index in [2.05, 4.69) is 0 Å². The van der Waals surface area contributed by atoms with Crippen molar-refractivity contribution in [2.75, 3.05) is 5.73 Å². The lowest BCUT2D eigenvalue weighted by Crippen LogP contribution is -2.31. The molecule has 88 valence electrons. The molecule has 6 nitrogen and oxygen atoms in total. The van der Waals surface area contributed by atoms with Crippen LogP contribution in [0, 0.1) is 0 Å². The largest absolute Gasteiger partial charge is 0.448 e. The number of nitrogens with zero attached hydrogens (tertiary/aromatic N) is 1. The molecule has 0 aliphatic carbocycles. The normalized spacial score (nSPS) is 12.1. The summed E-state index contributed by atoms with van der Waals surface area (Å²) in [5.41, 5.74) is 11.3. The van der Waals surface area contributed by atoms with Gasteiger partial charge >= 0.3 is 5.97 Å². The van der Waals surface area contributed by atoms with Gasteiger partial charge in [-0.1, -0.05) is 0 Å². The molecule has 1 amide bonds. The van der Waals surface area contributed by atoms with Crippen molar-refractivity contribution < 1.29 is 14.3 Å². The van der Waals surface area contributed by atoms with Crippen LogP contribution in [0.1, 0.15) is 24.3 Å². The fourth-order valence-corrected chi connectivity index (χ4v) is 1.24. The van der Waals surface area contributed by atoms with E-state index in [1.807, 2.05) is 6.92 Å². The van der Waals surface area contributed by atoms with E-state index in [1.54, 1.807) is 10.8 Å². The molecule has 0 spiro atoms. The van der Waals surface area contributed by atoms with E-state index in [1.165, 1.54) is 13.0 Å². The van der Waals surface area contributed by atoms with Crippen LogP contribution in [0.2, 0.25) is 0 Å². The van der Waals surface area contributed by atoms with Gasteiger partial charge in [-0.25, -0.2) is 4.79 Å². The van der Waals surface area contributed by atoms with Gasteiger partial charge in [0, 0.05) is 12.7 Å². The van der Waals surface area contributed by atoms with E-state index in [9.17, 15) is 9.59 Å². The predicted molar refractivity (Wildman–Crippen MR) is 58.6 cm³/mol. The van der Waals surface area contributed by atoms with Crippen LogP contribution in [0.25, 0.3) is 0 Å². The van der Waals surface area contributed by atoms with Crippen molar-refractivity contribution in [3.63, 3.8) is 0 Å². The molecule has 0 radical (unpaired) electrons. The summed E-state index contributed by atoms with van der Waals surface area (Å²) < 4.78 is 6.51. The number of carbonyl (C=O) groups excluding carboxylic acids is 2. The summed E-state index contributed by atoms with van der Waals surface area (Å²) in [5.74, 6) is -1.29. The summed E-state index contributed by atoms with van der Waals surface area (Å²) in [6.07, 6.45) is 0.680. The first kappa shape index (κ1) is 12.1. The third-order valence-corrected chi connectivity index (χ3v) is 2.15. The first-order valence-corrected chi connectivity index (χ1v) is 4.91. The van der Waals surface area contributed by atoms with Crippen molar-refractivity contribution in [3.8, 4) is 0 Å². The molecular weight excluding hydrogens is 210 g/mol. The zero-order valence-electron chi connectivity index (χ0n) is 9.27. The molecule has 0 aliphatic rings. The zero-order chi connectivity index (χ0) is 12.3. The first-order valence-electron chi connectivity index (χ1n) is 4.91. The number of hydrogen-bond donors (Lipinski definition) is 2. The van der Waals surface area contributed by atoms with Crippen LogP contribution in [0.5, 0.6) is 0 Å². The van der Waals surface area contributed by atoms with E-state index in [4.69, 9.17) is 16.2 Å². The fourth-order valence-electron chi connectivity index (χ4n) is 1.24. The third kappa shape index (κ3) is 2.53. The summed E-state index contributed by atoms with van der Waals surface area (Å²) in [6.45, 7) is 3.88. The molecule has 0 aromatic carbocycles. The lowest BCUT2D eigenvalue weighted by atomic mass is 10.3. The molecule has 0 saturated carbocycles. The molecule has 1 rings (SSSR count). The molecule has 0 saturated heterocycles. The Hall–Kier alpha value is -1.98. The fraction of sp³-hybridized carbons (Fsp3) is 0.400. The third-order valence-electron chi connectivity index (χ3n) is 2.15. The molecule has 1 heterocycles. The highest BCUT2D eigenvalue weighted by atomic mass is 16.5. The summed E-state index contributed by atoms with van der Waals surface area (Å²) >= 11 is 0. The van der Waals surface area contributed by atoms with Crippen LogP contribution < -0.4 is 11.5 Å². The monoisotopic (exact) mass is 225 g/mol. The number of esters is 1. The molecule has 4 N–H and O–H groups in total. The van der Waals surface area contributed by atoms with Gasteiger partial charge < -0.3 is 20.8 Å². The topological polar surface area (TPSA) is 100 Å². The van der Waals surface area contributed by atoms with Crippen LogP contribution in [0.3, 0.4) is 0 Å². The average molecular weight is 225 g/mol. The quantitative estimate of drug-likeness (QED) is 0.711. The molecule has 0 aliphatic heterocycles. The number of nitrogens with two attached hydrogens (primary N) is 2. The number of amides is 1. The minimum absolute atomic E-state index is 0.313. The molecular formula is C10H15N3O3. The van der Waals surface area contributed by atoms with Gasteiger partial charge in [0.15, 0.2) is 6.10 Å². The number of carbonyl (C=O) groups is 2. The Morgan fingerprint density at radius 2 is 2.19 bits per heavy atom. The van der Waals surface area contributed by atoms with E-state index < -0.39 is 18.0 Å². The molecule has 0 fully saturated rings. The summed E-state index contributed by atoms with van der Waals surface area (Å²) in [4.78, 5) is 22.4. The number of anilines is 1. The van der Waals surface area contributed by atoms with Gasteiger partial charge in [-0.2, -0.15) is 0 Å². The predicted octanol–water partition coefficient (Wildman–Crippen LogP) is 0.121. The van der Waals surface area contributed by atoms with Crippen molar-refractivity contribution in [2.45, 2.75) is 26.5 Å². The van der Waals surface area contributed by atoms with E-state index in [-0.39, 0.29) is 0 Å². The molecule has 1 atom stereocenters. The number of rotatable bonds is 4. The lowest BCUT2D eigenvalue weighted by molar-refractivity contribution is -0.125. The van der Waals surface area contributed by atoms with Crippen molar-refractivity contribution in [1.82, 2.24) is 4.57 Å². The zero-order valence-corrected chi connectivity index (χ0v) is 9.27. The van der Waals surface area contributed by atoms with Gasteiger partial charge in [-0.3, -0.25) is 4.79 Å². The molecule has 1 unspecified atom stereocenters. The van der Waals surface area contributed by atoms with Crippen LogP contribution >= 0.6 is 0 Å². The van der Waals surface area contributed by atoms with Gasteiger partial charge in [0.05, 0.1) is 5.69 Å². The van der Waals surface area contributed by atoms with Gasteiger partial charge in [-0.15, -0.1) is 0 Å². The second-order valence-corrected chi connectivity index (χ2v) is 3.39. The Labute approximate surface area is 93.2 Å². The van der Waals surface area contributed by atoms with Crippen molar-refractivity contribution in [2.24, 2.45) is 5.73 Å². The van der Waals surface area contributed by atoms with Crippen LogP contribution in [0.15, 0.2) is 12.3 Å². The Bertz CT molecular complexity index is 411. The van der Waals surface area contributed by atoms with Gasteiger partial charge in [0.2, 0.25) is 0 Å². The molecule has 1 aromatic rings. The highest BCUT2D eigenvalue weighted by molar-refractivity contribution is 5.91. The minimum Gasteiger partial charge on any atom is -0.448 e. The Morgan fingerprint density at radius 1 is 1.56 bits per heavy atom. The summed E-state index contributed by atoms with van der Waals surface area (Å²) in [6, 6.07) is 1.50. The van der Waals surface area contributed by atoms with Gasteiger partial charge in [0.25, 0.3) is 5.91 Å². The second kappa shape index (κ2) is 4.69.